The van der Waals surface area contributed by atoms with E-state index >= 15 is 0 Å². The Bertz CT molecular complexity index is 228. The third-order valence-corrected chi connectivity index (χ3v) is 4.84. The van der Waals surface area contributed by atoms with Crippen LogP contribution in [0.15, 0.2) is 0 Å². The lowest BCUT2D eigenvalue weighted by molar-refractivity contribution is 0.0742. The number of nitrogens with one attached hydrogen (secondary N) is 1. The summed E-state index contributed by atoms with van der Waals surface area (Å²) in [6.45, 7) is 12.2. The fourth-order valence-corrected chi connectivity index (χ4v) is 3.66. The molecule has 2 fully saturated rings. The van der Waals surface area contributed by atoms with Gasteiger partial charge in [-0.05, 0) is 51.6 Å². The molecule has 0 aromatic rings. The minimum atomic E-state index is 0.803. The van der Waals surface area contributed by atoms with Crippen LogP contribution in [0, 0.1) is 0 Å². The first kappa shape index (κ1) is 15.3. The average Bonchev–Trinajstić information content (AvgIpc) is 2.47. The predicted octanol–water partition coefficient (Wildman–Crippen LogP) is 2.32. The summed E-state index contributed by atoms with van der Waals surface area (Å²) in [5.41, 5.74) is 0. The zero-order valence-corrected chi connectivity index (χ0v) is 13.0. The smallest absolute Gasteiger partial charge is 0.0113 e. The second-order valence-corrected chi connectivity index (χ2v) is 6.34. The van der Waals surface area contributed by atoms with Crippen molar-refractivity contribution in [3.63, 3.8) is 0 Å². The molecule has 0 radical (unpaired) electrons. The van der Waals surface area contributed by atoms with Gasteiger partial charge in [-0.2, -0.15) is 0 Å². The summed E-state index contributed by atoms with van der Waals surface area (Å²) < 4.78 is 0. The lowest BCUT2D eigenvalue weighted by Gasteiger charge is -2.42. The molecule has 1 N–H and O–H groups in total. The highest BCUT2D eigenvalue weighted by molar-refractivity contribution is 4.85. The summed E-state index contributed by atoms with van der Waals surface area (Å²) >= 11 is 0. The summed E-state index contributed by atoms with van der Waals surface area (Å²) in [5.74, 6) is 0. The van der Waals surface area contributed by atoms with Crippen molar-refractivity contribution in [3.8, 4) is 0 Å². The van der Waals surface area contributed by atoms with Crippen LogP contribution in [0.2, 0.25) is 0 Å². The Balaban J connectivity index is 1.65. The monoisotopic (exact) mass is 267 g/mol. The molecule has 1 aliphatic heterocycles. The quantitative estimate of drug-likeness (QED) is 0.797. The third kappa shape index (κ3) is 4.73. The molecule has 0 atom stereocenters. The Kier molecular flexibility index (Phi) is 6.62. The fourth-order valence-electron chi connectivity index (χ4n) is 3.66. The van der Waals surface area contributed by atoms with Crippen LogP contribution in [-0.2, 0) is 0 Å². The molecule has 0 spiro atoms. The highest BCUT2D eigenvalue weighted by Crippen LogP contribution is 2.24. The van der Waals surface area contributed by atoms with Crippen molar-refractivity contribution in [2.45, 2.75) is 64.5 Å². The minimum absolute atomic E-state index is 0.803. The normalized spacial score (nSPS) is 30.6. The molecule has 0 aromatic carbocycles. The molecule has 1 saturated heterocycles. The van der Waals surface area contributed by atoms with Gasteiger partial charge in [0.2, 0.25) is 0 Å². The summed E-state index contributed by atoms with van der Waals surface area (Å²) in [6.07, 6.45) is 8.16. The first-order chi connectivity index (χ1) is 9.33. The van der Waals surface area contributed by atoms with Crippen LogP contribution in [0.4, 0.5) is 0 Å². The minimum Gasteiger partial charge on any atom is -0.314 e. The molecule has 0 bridgehead atoms. The Morgan fingerprint density at radius 3 is 2.16 bits per heavy atom. The van der Waals surface area contributed by atoms with Gasteiger partial charge < -0.3 is 10.2 Å². The van der Waals surface area contributed by atoms with Crippen LogP contribution in [0.1, 0.15) is 52.4 Å². The van der Waals surface area contributed by atoms with Crippen molar-refractivity contribution in [2.75, 3.05) is 39.3 Å². The van der Waals surface area contributed by atoms with Crippen LogP contribution >= 0.6 is 0 Å². The van der Waals surface area contributed by atoms with E-state index in [0.29, 0.717) is 0 Å². The van der Waals surface area contributed by atoms with Crippen molar-refractivity contribution in [3.05, 3.63) is 0 Å². The van der Waals surface area contributed by atoms with E-state index in [4.69, 9.17) is 0 Å². The summed E-state index contributed by atoms with van der Waals surface area (Å²) in [6, 6.07) is 1.68. The molecule has 1 aliphatic carbocycles. The van der Waals surface area contributed by atoms with E-state index in [1.165, 1.54) is 77.8 Å². The Hall–Kier alpha value is -0.120. The van der Waals surface area contributed by atoms with Gasteiger partial charge in [0.25, 0.3) is 0 Å². The van der Waals surface area contributed by atoms with Crippen LogP contribution in [-0.4, -0.2) is 61.2 Å². The zero-order chi connectivity index (χ0) is 13.5. The largest absolute Gasteiger partial charge is 0.314 e. The summed E-state index contributed by atoms with van der Waals surface area (Å²) in [4.78, 5) is 5.40. The molecule has 0 amide bonds. The van der Waals surface area contributed by atoms with E-state index in [9.17, 15) is 0 Å². The molecule has 2 rings (SSSR count). The van der Waals surface area contributed by atoms with E-state index in [0.717, 1.165) is 12.1 Å². The maximum atomic E-state index is 3.69. The summed E-state index contributed by atoms with van der Waals surface area (Å²) in [7, 11) is 0. The molecule has 3 heteroatoms. The molecule has 0 unspecified atom stereocenters. The van der Waals surface area contributed by atoms with Gasteiger partial charge in [0.05, 0.1) is 0 Å². The van der Waals surface area contributed by atoms with Gasteiger partial charge in [-0.25, -0.2) is 0 Å². The molecule has 2 aliphatic rings. The van der Waals surface area contributed by atoms with Crippen LogP contribution in [0.3, 0.4) is 0 Å². The third-order valence-electron chi connectivity index (χ3n) is 4.84. The number of rotatable bonds is 6. The van der Waals surface area contributed by atoms with Crippen molar-refractivity contribution in [1.29, 1.82) is 0 Å². The number of hydrogen-bond acceptors (Lipinski definition) is 3. The van der Waals surface area contributed by atoms with Gasteiger partial charge in [-0.1, -0.05) is 13.8 Å². The predicted molar refractivity (Wildman–Crippen MR) is 82.6 cm³/mol. The molecular formula is C16H33N3. The lowest BCUT2D eigenvalue weighted by Crippen LogP contribution is -2.52. The number of piperazine rings is 1. The van der Waals surface area contributed by atoms with Gasteiger partial charge in [-0.3, -0.25) is 4.90 Å². The highest BCUT2D eigenvalue weighted by Gasteiger charge is 2.27. The van der Waals surface area contributed by atoms with Crippen molar-refractivity contribution >= 4 is 0 Å². The van der Waals surface area contributed by atoms with E-state index in [-0.39, 0.29) is 0 Å². The molecule has 19 heavy (non-hydrogen) atoms. The van der Waals surface area contributed by atoms with E-state index in [2.05, 4.69) is 29.0 Å². The van der Waals surface area contributed by atoms with Crippen molar-refractivity contribution < 1.29 is 0 Å². The van der Waals surface area contributed by atoms with Gasteiger partial charge in [-0.15, -0.1) is 0 Å². The van der Waals surface area contributed by atoms with Crippen LogP contribution < -0.4 is 5.32 Å². The van der Waals surface area contributed by atoms with Crippen LogP contribution in [0.25, 0.3) is 0 Å². The standard InChI is InChI=1S/C16H33N3/c1-3-9-17-15-5-7-16(8-6-15)19-13-11-18(10-4-2)12-14-19/h15-17H,3-14H2,1-2H3. The topological polar surface area (TPSA) is 18.5 Å². The SMILES string of the molecule is CCCNC1CCC(N2CCN(CCC)CC2)CC1. The van der Waals surface area contributed by atoms with Gasteiger partial charge in [0.15, 0.2) is 0 Å². The molecular weight excluding hydrogens is 234 g/mol. The van der Waals surface area contributed by atoms with E-state index < -0.39 is 0 Å². The fraction of sp³-hybridized carbons (Fsp3) is 1.00. The van der Waals surface area contributed by atoms with Gasteiger partial charge in [0.1, 0.15) is 0 Å². The first-order valence-corrected chi connectivity index (χ1v) is 8.53. The highest BCUT2D eigenvalue weighted by atomic mass is 15.3. The van der Waals surface area contributed by atoms with Crippen molar-refractivity contribution in [2.24, 2.45) is 0 Å². The number of nitrogens with zero attached hydrogens (tertiary/aromatic N) is 2. The maximum Gasteiger partial charge on any atom is 0.0113 e. The second kappa shape index (κ2) is 8.23. The Morgan fingerprint density at radius 2 is 1.58 bits per heavy atom. The molecule has 0 aromatic heterocycles. The second-order valence-electron chi connectivity index (χ2n) is 6.34. The Morgan fingerprint density at radius 1 is 0.895 bits per heavy atom. The van der Waals surface area contributed by atoms with Crippen molar-refractivity contribution in [1.82, 2.24) is 15.1 Å². The lowest BCUT2D eigenvalue weighted by atomic mass is 9.89. The molecule has 1 heterocycles. The molecule has 1 saturated carbocycles. The maximum absolute atomic E-state index is 3.69. The average molecular weight is 267 g/mol. The van der Waals surface area contributed by atoms with E-state index in [1.807, 2.05) is 0 Å². The molecule has 3 nitrogen and oxygen atoms in total. The number of hydrogen-bond donors (Lipinski definition) is 1. The van der Waals surface area contributed by atoms with E-state index in [1.54, 1.807) is 0 Å². The zero-order valence-electron chi connectivity index (χ0n) is 13.0. The van der Waals surface area contributed by atoms with Gasteiger partial charge in [0, 0.05) is 38.3 Å². The van der Waals surface area contributed by atoms with Gasteiger partial charge >= 0.3 is 0 Å². The Labute approximate surface area is 119 Å². The first-order valence-electron chi connectivity index (χ1n) is 8.53. The van der Waals surface area contributed by atoms with Crippen LogP contribution in [0.5, 0.6) is 0 Å². The molecule has 112 valence electrons. The summed E-state index contributed by atoms with van der Waals surface area (Å²) in [5, 5.41) is 3.69.